The molecule has 0 amide bonds. The number of hydrogen-bond acceptors (Lipinski definition) is 4. The smallest absolute Gasteiger partial charge is 0.338 e. The number of halogens is 1. The normalized spacial score (nSPS) is 10.8. The molecule has 2 heterocycles. The van der Waals surface area contributed by atoms with Crippen LogP contribution in [0.5, 0.6) is 0 Å². The van der Waals surface area contributed by atoms with Crippen molar-refractivity contribution in [3.63, 3.8) is 0 Å². The summed E-state index contributed by atoms with van der Waals surface area (Å²) < 4.78 is 0. The van der Waals surface area contributed by atoms with E-state index in [1.165, 1.54) is 12.1 Å². The van der Waals surface area contributed by atoms with Gasteiger partial charge in [0.15, 0.2) is 5.16 Å². The van der Waals surface area contributed by atoms with Crippen LogP contribution in [0, 0.1) is 0 Å². The van der Waals surface area contributed by atoms with Crippen LogP contribution in [0.25, 0.3) is 11.0 Å². The van der Waals surface area contributed by atoms with E-state index in [4.69, 9.17) is 16.7 Å². The van der Waals surface area contributed by atoms with Crippen molar-refractivity contribution >= 4 is 40.4 Å². The molecule has 0 bridgehead atoms. The number of pyridine rings is 1. The van der Waals surface area contributed by atoms with Crippen molar-refractivity contribution in [1.82, 2.24) is 15.0 Å². The molecule has 0 saturated heterocycles. The van der Waals surface area contributed by atoms with Gasteiger partial charge in [0.25, 0.3) is 0 Å². The molecule has 3 aromatic rings. The van der Waals surface area contributed by atoms with Gasteiger partial charge in [0.05, 0.1) is 16.6 Å². The van der Waals surface area contributed by atoms with Crippen molar-refractivity contribution in [2.75, 3.05) is 0 Å². The number of carboxylic acid groups (broad SMARTS) is 1. The van der Waals surface area contributed by atoms with Gasteiger partial charge in [0.1, 0.15) is 10.2 Å². The number of rotatable bonds is 3. The maximum absolute atomic E-state index is 11.2. The number of nitrogens with zero attached hydrogens (tertiary/aromatic N) is 2. The van der Waals surface area contributed by atoms with Crippen LogP contribution in [0.2, 0.25) is 5.15 Å². The fourth-order valence-corrected chi connectivity index (χ4v) is 2.82. The molecule has 2 aromatic heterocycles. The molecule has 0 aliphatic carbocycles. The van der Waals surface area contributed by atoms with Crippen molar-refractivity contribution in [3.8, 4) is 0 Å². The average Bonchev–Trinajstić information content (AvgIpc) is 2.80. The minimum atomic E-state index is -1.05. The number of para-hydroxylation sites is 2. The largest absolute Gasteiger partial charge is 0.478 e. The summed E-state index contributed by atoms with van der Waals surface area (Å²) in [7, 11) is 0. The van der Waals surface area contributed by atoms with E-state index in [0.29, 0.717) is 10.2 Å². The Balaban J connectivity index is 2.01. The molecule has 100 valence electrons. The Morgan fingerprint density at radius 2 is 2.00 bits per heavy atom. The predicted molar refractivity (Wildman–Crippen MR) is 76.4 cm³/mol. The molecule has 1 aromatic carbocycles. The third kappa shape index (κ3) is 2.48. The topological polar surface area (TPSA) is 78.9 Å². The molecule has 0 fully saturated rings. The molecule has 0 atom stereocenters. The number of carbonyl (C=O) groups is 1. The minimum absolute atomic E-state index is 0.0971. The van der Waals surface area contributed by atoms with Gasteiger partial charge in [-0.2, -0.15) is 0 Å². The Kier molecular flexibility index (Phi) is 3.33. The van der Waals surface area contributed by atoms with Gasteiger partial charge in [-0.3, -0.25) is 0 Å². The first-order chi connectivity index (χ1) is 9.63. The highest BCUT2D eigenvalue weighted by atomic mass is 35.5. The quantitative estimate of drug-likeness (QED) is 0.724. The lowest BCUT2D eigenvalue weighted by molar-refractivity contribution is 0.0692. The number of imidazole rings is 1. The molecule has 0 unspecified atom stereocenters. The summed E-state index contributed by atoms with van der Waals surface area (Å²) >= 11 is 6.96. The van der Waals surface area contributed by atoms with Gasteiger partial charge in [-0.1, -0.05) is 23.7 Å². The number of nitrogens with one attached hydrogen (secondary N) is 1. The van der Waals surface area contributed by atoms with Gasteiger partial charge in [-0.05, 0) is 36.0 Å². The third-order valence-electron chi connectivity index (χ3n) is 2.62. The third-order valence-corrected chi connectivity index (χ3v) is 3.72. The van der Waals surface area contributed by atoms with Crippen LogP contribution in [-0.4, -0.2) is 26.0 Å². The average molecular weight is 306 g/mol. The zero-order valence-electron chi connectivity index (χ0n) is 10.0. The first-order valence-electron chi connectivity index (χ1n) is 5.66. The van der Waals surface area contributed by atoms with E-state index >= 15 is 0 Å². The van der Waals surface area contributed by atoms with Gasteiger partial charge < -0.3 is 10.1 Å². The number of benzene rings is 1. The maximum Gasteiger partial charge on any atom is 0.338 e. The van der Waals surface area contributed by atoms with Crippen LogP contribution in [0.1, 0.15) is 10.4 Å². The van der Waals surface area contributed by atoms with Gasteiger partial charge in [0, 0.05) is 0 Å². The van der Waals surface area contributed by atoms with Crippen molar-refractivity contribution in [2.45, 2.75) is 10.2 Å². The lowest BCUT2D eigenvalue weighted by Gasteiger charge is -2.02. The molecule has 0 radical (unpaired) electrons. The van der Waals surface area contributed by atoms with E-state index < -0.39 is 5.97 Å². The molecule has 20 heavy (non-hydrogen) atoms. The lowest BCUT2D eigenvalue weighted by Crippen LogP contribution is -2.00. The summed E-state index contributed by atoms with van der Waals surface area (Å²) in [6, 6.07) is 10.4. The Morgan fingerprint density at radius 3 is 2.75 bits per heavy atom. The second kappa shape index (κ2) is 5.15. The van der Waals surface area contributed by atoms with Crippen molar-refractivity contribution in [3.05, 3.63) is 47.1 Å². The second-order valence-corrected chi connectivity index (χ2v) is 5.32. The molecule has 3 rings (SSSR count). The number of aromatic carboxylic acids is 1. The van der Waals surface area contributed by atoms with Gasteiger partial charge in [0.2, 0.25) is 0 Å². The summed E-state index contributed by atoms with van der Waals surface area (Å²) in [5.41, 5.74) is 1.79. The summed E-state index contributed by atoms with van der Waals surface area (Å²) in [5.74, 6) is -1.05. The molecular formula is C13H8ClN3O2S. The second-order valence-electron chi connectivity index (χ2n) is 3.95. The van der Waals surface area contributed by atoms with Crippen LogP contribution in [0.3, 0.4) is 0 Å². The molecule has 0 aliphatic heterocycles. The van der Waals surface area contributed by atoms with Crippen LogP contribution in [0.4, 0.5) is 0 Å². The standard InChI is InChI=1S/C13H8ClN3O2S/c14-10-6-5-7(12(18)19)11(17-10)20-13-15-8-3-1-2-4-9(8)16-13/h1-6H,(H,15,16)(H,18,19). The van der Waals surface area contributed by atoms with Gasteiger partial charge >= 0.3 is 5.97 Å². The van der Waals surface area contributed by atoms with E-state index in [1.54, 1.807) is 0 Å². The molecular weight excluding hydrogens is 298 g/mol. The molecule has 0 aliphatic rings. The highest BCUT2D eigenvalue weighted by Gasteiger charge is 2.15. The van der Waals surface area contributed by atoms with E-state index in [0.717, 1.165) is 22.8 Å². The van der Waals surface area contributed by atoms with Crippen LogP contribution in [-0.2, 0) is 0 Å². The molecule has 5 nitrogen and oxygen atoms in total. The number of aromatic nitrogens is 3. The Labute approximate surface area is 123 Å². The van der Waals surface area contributed by atoms with Gasteiger partial charge in [-0.15, -0.1) is 0 Å². The highest BCUT2D eigenvalue weighted by molar-refractivity contribution is 7.99. The minimum Gasteiger partial charge on any atom is -0.478 e. The lowest BCUT2D eigenvalue weighted by atomic mass is 10.3. The Hall–Kier alpha value is -2.05. The summed E-state index contributed by atoms with van der Waals surface area (Å²) in [6.07, 6.45) is 0. The molecule has 0 spiro atoms. The molecule has 2 N–H and O–H groups in total. The SMILES string of the molecule is O=C(O)c1ccc(Cl)nc1Sc1nc2ccccc2[nH]1. The van der Waals surface area contributed by atoms with Crippen LogP contribution in [0.15, 0.2) is 46.6 Å². The number of H-pyrrole nitrogens is 1. The first-order valence-corrected chi connectivity index (χ1v) is 6.85. The first kappa shape index (κ1) is 13.0. The molecule has 0 saturated carbocycles. The Bertz CT molecular complexity index is 770. The number of hydrogen-bond donors (Lipinski definition) is 2. The van der Waals surface area contributed by atoms with E-state index in [9.17, 15) is 4.79 Å². The van der Waals surface area contributed by atoms with E-state index in [2.05, 4.69) is 15.0 Å². The number of carboxylic acids is 1. The number of fused-ring (bicyclic) bond motifs is 1. The summed E-state index contributed by atoms with van der Waals surface area (Å²) in [5, 5.41) is 10.3. The summed E-state index contributed by atoms with van der Waals surface area (Å²) in [6.45, 7) is 0. The van der Waals surface area contributed by atoms with Crippen molar-refractivity contribution in [1.29, 1.82) is 0 Å². The van der Waals surface area contributed by atoms with Crippen LogP contribution < -0.4 is 0 Å². The highest BCUT2D eigenvalue weighted by Crippen LogP contribution is 2.29. The fourth-order valence-electron chi connectivity index (χ4n) is 1.73. The van der Waals surface area contributed by atoms with Crippen molar-refractivity contribution < 1.29 is 9.90 Å². The zero-order valence-corrected chi connectivity index (χ0v) is 11.6. The fraction of sp³-hybridized carbons (Fsp3) is 0. The number of aromatic amines is 1. The van der Waals surface area contributed by atoms with E-state index in [-0.39, 0.29) is 10.7 Å². The zero-order chi connectivity index (χ0) is 14.1. The van der Waals surface area contributed by atoms with Crippen molar-refractivity contribution in [2.24, 2.45) is 0 Å². The summed E-state index contributed by atoms with van der Waals surface area (Å²) in [4.78, 5) is 22.7. The molecule has 7 heteroatoms. The maximum atomic E-state index is 11.2. The van der Waals surface area contributed by atoms with Crippen LogP contribution >= 0.6 is 23.4 Å². The monoisotopic (exact) mass is 305 g/mol. The van der Waals surface area contributed by atoms with Gasteiger partial charge in [-0.25, -0.2) is 14.8 Å². The Morgan fingerprint density at radius 1 is 1.20 bits per heavy atom. The predicted octanol–water partition coefficient (Wildman–Crippen LogP) is 3.46. The van der Waals surface area contributed by atoms with E-state index in [1.807, 2.05) is 24.3 Å².